The summed E-state index contributed by atoms with van der Waals surface area (Å²) in [6.07, 6.45) is 0. The fourth-order valence-corrected chi connectivity index (χ4v) is 1.62. The van der Waals surface area contributed by atoms with Gasteiger partial charge in [-0.2, -0.15) is 0 Å². The third-order valence-electron chi connectivity index (χ3n) is 2.74. The van der Waals surface area contributed by atoms with Crippen LogP contribution in [0, 0.1) is 36.0 Å². The van der Waals surface area contributed by atoms with E-state index < -0.39 is 46.2 Å². The van der Waals surface area contributed by atoms with Gasteiger partial charge in [0.1, 0.15) is 11.6 Å². The van der Waals surface area contributed by atoms with Gasteiger partial charge in [-0.05, 0) is 30.7 Å². The first-order chi connectivity index (χ1) is 9.79. The highest BCUT2D eigenvalue weighted by molar-refractivity contribution is 6.04. The maximum atomic E-state index is 13.5. The lowest BCUT2D eigenvalue weighted by molar-refractivity contribution is 0.102. The molecule has 0 aliphatic carbocycles. The Balaban J connectivity index is 2.32. The van der Waals surface area contributed by atoms with Gasteiger partial charge in [-0.3, -0.25) is 4.79 Å². The maximum Gasteiger partial charge on any atom is 0.255 e. The van der Waals surface area contributed by atoms with Crippen molar-refractivity contribution in [3.05, 3.63) is 64.5 Å². The normalized spacial score (nSPS) is 10.6. The first-order valence-electron chi connectivity index (χ1n) is 5.71. The number of carbonyl (C=O) groups excluding carboxylic acids is 1. The van der Waals surface area contributed by atoms with Crippen molar-refractivity contribution >= 4 is 11.6 Å². The van der Waals surface area contributed by atoms with E-state index in [1.54, 1.807) is 0 Å². The van der Waals surface area contributed by atoms with Gasteiger partial charge in [0.25, 0.3) is 5.91 Å². The highest BCUT2D eigenvalue weighted by atomic mass is 19.2. The molecule has 0 spiro atoms. The Morgan fingerprint density at radius 3 is 2.00 bits per heavy atom. The first-order valence-corrected chi connectivity index (χ1v) is 5.71. The number of hydrogen-bond donors (Lipinski definition) is 1. The molecule has 0 aliphatic heterocycles. The summed E-state index contributed by atoms with van der Waals surface area (Å²) >= 11 is 0. The molecule has 0 heterocycles. The molecule has 110 valence electrons. The summed E-state index contributed by atoms with van der Waals surface area (Å²) in [7, 11) is 0. The number of amides is 1. The molecular formula is C14H8F5NO. The van der Waals surface area contributed by atoms with Crippen molar-refractivity contribution in [2.24, 2.45) is 0 Å². The van der Waals surface area contributed by atoms with Crippen molar-refractivity contribution in [3.8, 4) is 0 Å². The van der Waals surface area contributed by atoms with Crippen molar-refractivity contribution in [1.82, 2.24) is 0 Å². The quantitative estimate of drug-likeness (QED) is 0.660. The van der Waals surface area contributed by atoms with Gasteiger partial charge in [0.15, 0.2) is 17.5 Å². The topological polar surface area (TPSA) is 29.1 Å². The van der Waals surface area contributed by atoms with Gasteiger partial charge in [0.05, 0.1) is 5.69 Å². The van der Waals surface area contributed by atoms with Crippen LogP contribution in [0.25, 0.3) is 0 Å². The molecule has 0 atom stereocenters. The molecule has 0 unspecified atom stereocenters. The van der Waals surface area contributed by atoms with E-state index in [4.69, 9.17) is 0 Å². The predicted octanol–water partition coefficient (Wildman–Crippen LogP) is 3.94. The Morgan fingerprint density at radius 1 is 0.857 bits per heavy atom. The molecule has 0 bridgehead atoms. The summed E-state index contributed by atoms with van der Waals surface area (Å²) in [6, 6.07) is 2.50. The van der Waals surface area contributed by atoms with Crippen molar-refractivity contribution in [2.45, 2.75) is 6.92 Å². The summed E-state index contributed by atoms with van der Waals surface area (Å²) in [5, 5.41) is 1.96. The fraction of sp³-hybridized carbons (Fsp3) is 0.0714. The lowest BCUT2D eigenvalue weighted by Crippen LogP contribution is -2.14. The zero-order valence-corrected chi connectivity index (χ0v) is 10.6. The average Bonchev–Trinajstić information content (AvgIpc) is 2.41. The van der Waals surface area contributed by atoms with E-state index >= 15 is 0 Å². The van der Waals surface area contributed by atoms with Crippen LogP contribution in [0.4, 0.5) is 27.6 Å². The molecule has 1 N–H and O–H groups in total. The van der Waals surface area contributed by atoms with E-state index in [1.807, 2.05) is 5.32 Å². The van der Waals surface area contributed by atoms with Crippen molar-refractivity contribution in [1.29, 1.82) is 0 Å². The highest BCUT2D eigenvalue weighted by Gasteiger charge is 2.17. The van der Waals surface area contributed by atoms with E-state index in [2.05, 4.69) is 0 Å². The highest BCUT2D eigenvalue weighted by Crippen LogP contribution is 2.20. The van der Waals surface area contributed by atoms with Crippen LogP contribution in [-0.4, -0.2) is 5.91 Å². The minimum Gasteiger partial charge on any atom is -0.319 e. The molecule has 2 rings (SSSR count). The summed E-state index contributed by atoms with van der Waals surface area (Å²) < 4.78 is 65.6. The van der Waals surface area contributed by atoms with E-state index in [1.165, 1.54) is 6.92 Å². The van der Waals surface area contributed by atoms with E-state index in [0.717, 1.165) is 12.1 Å². The van der Waals surface area contributed by atoms with E-state index in [-0.39, 0.29) is 5.56 Å². The number of carbonyl (C=O) groups is 1. The molecule has 0 fully saturated rings. The van der Waals surface area contributed by atoms with Crippen molar-refractivity contribution in [2.75, 3.05) is 5.32 Å². The third-order valence-corrected chi connectivity index (χ3v) is 2.74. The Hall–Kier alpha value is -2.44. The van der Waals surface area contributed by atoms with Gasteiger partial charge in [-0.15, -0.1) is 0 Å². The van der Waals surface area contributed by atoms with Crippen LogP contribution in [0.5, 0.6) is 0 Å². The lowest BCUT2D eigenvalue weighted by atomic mass is 10.1. The lowest BCUT2D eigenvalue weighted by Gasteiger charge is -2.08. The Kier molecular flexibility index (Phi) is 3.93. The fourth-order valence-electron chi connectivity index (χ4n) is 1.62. The molecular weight excluding hydrogens is 293 g/mol. The predicted molar refractivity (Wildman–Crippen MR) is 65.4 cm³/mol. The minimum atomic E-state index is -1.72. The van der Waals surface area contributed by atoms with Gasteiger partial charge in [0, 0.05) is 11.6 Å². The molecule has 1 amide bonds. The molecule has 0 saturated heterocycles. The van der Waals surface area contributed by atoms with Crippen LogP contribution in [0.3, 0.4) is 0 Å². The molecule has 2 nitrogen and oxygen atoms in total. The Bertz CT molecular complexity index is 707. The number of nitrogens with one attached hydrogen (secondary N) is 1. The van der Waals surface area contributed by atoms with Crippen molar-refractivity contribution < 1.29 is 26.7 Å². The second kappa shape index (κ2) is 5.51. The van der Waals surface area contributed by atoms with Gasteiger partial charge in [-0.1, -0.05) is 0 Å². The summed E-state index contributed by atoms with van der Waals surface area (Å²) in [5.41, 5.74) is -1.02. The molecule has 21 heavy (non-hydrogen) atoms. The SMILES string of the molecule is Cc1cc(F)c(NC(=O)c2cc(F)c(F)c(F)c2)cc1F. The number of halogens is 5. The number of benzene rings is 2. The molecule has 0 aromatic heterocycles. The van der Waals surface area contributed by atoms with Gasteiger partial charge in [-0.25, -0.2) is 22.0 Å². The van der Waals surface area contributed by atoms with Crippen LogP contribution >= 0.6 is 0 Å². The van der Waals surface area contributed by atoms with Crippen LogP contribution in [0.1, 0.15) is 15.9 Å². The molecule has 0 radical (unpaired) electrons. The van der Waals surface area contributed by atoms with Gasteiger partial charge < -0.3 is 5.32 Å². The summed E-state index contributed by atoms with van der Waals surface area (Å²) in [6.45, 7) is 1.33. The van der Waals surface area contributed by atoms with Gasteiger partial charge in [0.2, 0.25) is 0 Å². The number of rotatable bonds is 2. The molecule has 7 heteroatoms. The monoisotopic (exact) mass is 301 g/mol. The number of aryl methyl sites for hydroxylation is 1. The zero-order valence-electron chi connectivity index (χ0n) is 10.6. The zero-order chi connectivity index (χ0) is 15.7. The summed E-state index contributed by atoms with van der Waals surface area (Å²) in [4.78, 5) is 11.7. The van der Waals surface area contributed by atoms with E-state index in [9.17, 15) is 26.7 Å². The molecule has 2 aromatic carbocycles. The summed E-state index contributed by atoms with van der Waals surface area (Å²) in [5.74, 6) is -7.62. The second-order valence-electron chi connectivity index (χ2n) is 4.29. The third kappa shape index (κ3) is 3.01. The number of hydrogen-bond acceptors (Lipinski definition) is 1. The Labute approximate surface area is 116 Å². The first kappa shape index (κ1) is 15.0. The van der Waals surface area contributed by atoms with Crippen LogP contribution in [-0.2, 0) is 0 Å². The van der Waals surface area contributed by atoms with Crippen LogP contribution in [0.2, 0.25) is 0 Å². The standard InChI is InChI=1S/C14H8F5NO/c1-6-2-9(16)12(5-8(6)15)20-14(21)7-3-10(17)13(19)11(18)4-7/h2-5H,1H3,(H,20,21). The molecule has 0 saturated carbocycles. The van der Waals surface area contributed by atoms with Crippen LogP contribution in [0.15, 0.2) is 24.3 Å². The average molecular weight is 301 g/mol. The van der Waals surface area contributed by atoms with Crippen LogP contribution < -0.4 is 5.32 Å². The Morgan fingerprint density at radius 2 is 1.43 bits per heavy atom. The van der Waals surface area contributed by atoms with Gasteiger partial charge >= 0.3 is 0 Å². The number of anilines is 1. The molecule has 2 aromatic rings. The van der Waals surface area contributed by atoms with E-state index in [0.29, 0.717) is 12.1 Å². The maximum absolute atomic E-state index is 13.5. The minimum absolute atomic E-state index is 0.0318. The smallest absolute Gasteiger partial charge is 0.255 e. The largest absolute Gasteiger partial charge is 0.319 e. The second-order valence-corrected chi connectivity index (χ2v) is 4.29. The molecule has 0 aliphatic rings. The van der Waals surface area contributed by atoms with Crippen molar-refractivity contribution in [3.63, 3.8) is 0 Å².